The molecule has 0 amide bonds. The average Bonchev–Trinajstić information content (AvgIpc) is 2.72. The molecule has 1 aromatic heterocycles. The van der Waals surface area contributed by atoms with E-state index in [0.29, 0.717) is 14.8 Å². The van der Waals surface area contributed by atoms with Gasteiger partial charge in [0, 0.05) is 12.1 Å². The summed E-state index contributed by atoms with van der Waals surface area (Å²) in [5.74, 6) is 0.737. The Morgan fingerprint density at radius 1 is 1.39 bits per heavy atom. The number of aromatic amines is 1. The lowest BCUT2D eigenvalue weighted by atomic mass is 10.2. The van der Waals surface area contributed by atoms with Gasteiger partial charge < -0.3 is 4.57 Å². The van der Waals surface area contributed by atoms with E-state index in [9.17, 15) is 0 Å². The number of halogens is 2. The summed E-state index contributed by atoms with van der Waals surface area (Å²) < 4.78 is 2.56. The third-order valence-corrected chi connectivity index (χ3v) is 3.82. The normalized spacial score (nSPS) is 10.8. The minimum atomic E-state index is 0.505. The molecule has 1 N–H and O–H groups in total. The molecule has 0 saturated heterocycles. The van der Waals surface area contributed by atoms with E-state index in [0.717, 1.165) is 30.8 Å². The Kier molecular flexibility index (Phi) is 4.43. The molecule has 1 heterocycles. The predicted molar refractivity (Wildman–Crippen MR) is 77.8 cm³/mol. The van der Waals surface area contributed by atoms with Gasteiger partial charge in [0.05, 0.1) is 10.0 Å². The SMILES string of the molecule is CCCCn1c(-c2cccc(Cl)c2Cl)n[nH]c1=S. The Hall–Kier alpha value is -0.840. The van der Waals surface area contributed by atoms with Gasteiger partial charge in [-0.2, -0.15) is 5.10 Å². The average molecular weight is 302 g/mol. The minimum absolute atomic E-state index is 0.505. The molecule has 0 atom stereocenters. The number of H-pyrrole nitrogens is 1. The van der Waals surface area contributed by atoms with Crippen molar-refractivity contribution in [2.75, 3.05) is 0 Å². The van der Waals surface area contributed by atoms with E-state index in [1.54, 1.807) is 6.07 Å². The fraction of sp³-hybridized carbons (Fsp3) is 0.333. The highest BCUT2D eigenvalue weighted by molar-refractivity contribution is 7.71. The van der Waals surface area contributed by atoms with Gasteiger partial charge in [0.1, 0.15) is 0 Å². The van der Waals surface area contributed by atoms with Gasteiger partial charge in [0.15, 0.2) is 10.6 Å². The van der Waals surface area contributed by atoms with E-state index in [1.807, 2.05) is 16.7 Å². The van der Waals surface area contributed by atoms with E-state index in [2.05, 4.69) is 17.1 Å². The predicted octanol–water partition coefficient (Wildman–Crippen LogP) is 4.71. The van der Waals surface area contributed by atoms with Crippen LogP contribution in [0, 0.1) is 4.77 Å². The number of nitrogens with zero attached hydrogens (tertiary/aromatic N) is 2. The van der Waals surface area contributed by atoms with Crippen molar-refractivity contribution >= 4 is 35.4 Å². The Labute approximate surface area is 121 Å². The van der Waals surface area contributed by atoms with Crippen LogP contribution in [0.2, 0.25) is 10.0 Å². The first kappa shape index (κ1) is 13.6. The summed E-state index contributed by atoms with van der Waals surface area (Å²) >= 11 is 17.5. The molecule has 18 heavy (non-hydrogen) atoms. The first-order valence-electron chi connectivity index (χ1n) is 5.74. The van der Waals surface area contributed by atoms with Gasteiger partial charge in [-0.1, -0.05) is 42.6 Å². The molecule has 2 aromatic rings. The lowest BCUT2D eigenvalue weighted by Crippen LogP contribution is -2.01. The quantitative estimate of drug-likeness (QED) is 0.829. The molecular weight excluding hydrogens is 289 g/mol. The number of aromatic nitrogens is 3. The molecule has 3 nitrogen and oxygen atoms in total. The Bertz CT molecular complexity index is 604. The molecule has 0 unspecified atom stereocenters. The van der Waals surface area contributed by atoms with Gasteiger partial charge >= 0.3 is 0 Å². The van der Waals surface area contributed by atoms with Gasteiger partial charge in [-0.05, 0) is 30.8 Å². The van der Waals surface area contributed by atoms with Crippen molar-refractivity contribution in [2.24, 2.45) is 0 Å². The third-order valence-electron chi connectivity index (χ3n) is 2.69. The maximum absolute atomic E-state index is 6.21. The molecule has 0 aliphatic carbocycles. The Morgan fingerprint density at radius 2 is 2.17 bits per heavy atom. The van der Waals surface area contributed by atoms with Crippen LogP contribution in [0.3, 0.4) is 0 Å². The minimum Gasteiger partial charge on any atom is -0.300 e. The van der Waals surface area contributed by atoms with Gasteiger partial charge in [0.2, 0.25) is 0 Å². The van der Waals surface area contributed by atoms with Gasteiger partial charge in [-0.3, -0.25) is 5.10 Å². The van der Waals surface area contributed by atoms with Crippen LogP contribution >= 0.6 is 35.4 Å². The van der Waals surface area contributed by atoms with Crippen molar-refractivity contribution in [1.29, 1.82) is 0 Å². The number of unbranched alkanes of at least 4 members (excludes halogenated alkanes) is 1. The van der Waals surface area contributed by atoms with Crippen LogP contribution in [0.15, 0.2) is 18.2 Å². The fourth-order valence-corrected chi connectivity index (χ4v) is 2.33. The third kappa shape index (κ3) is 2.60. The standard InChI is InChI=1S/C12H13Cl2N3S/c1-2-3-7-17-11(15-16-12(17)18)8-5-4-6-9(13)10(8)14/h4-6H,2-3,7H2,1H3,(H,16,18). The number of hydrogen-bond donors (Lipinski definition) is 1. The summed E-state index contributed by atoms with van der Waals surface area (Å²) in [4.78, 5) is 0. The summed E-state index contributed by atoms with van der Waals surface area (Å²) in [6.45, 7) is 2.96. The zero-order valence-corrected chi connectivity index (χ0v) is 12.2. The van der Waals surface area contributed by atoms with Crippen molar-refractivity contribution in [3.05, 3.63) is 33.0 Å². The summed E-state index contributed by atoms with van der Waals surface area (Å²) in [6, 6.07) is 5.50. The van der Waals surface area contributed by atoms with E-state index in [1.165, 1.54) is 0 Å². The molecule has 2 rings (SSSR count). The zero-order valence-electron chi connectivity index (χ0n) is 9.91. The largest absolute Gasteiger partial charge is 0.300 e. The highest BCUT2D eigenvalue weighted by Crippen LogP contribution is 2.32. The Balaban J connectivity index is 2.51. The number of nitrogens with one attached hydrogen (secondary N) is 1. The number of benzene rings is 1. The van der Waals surface area contributed by atoms with E-state index >= 15 is 0 Å². The second-order valence-corrected chi connectivity index (χ2v) is 5.13. The molecule has 0 saturated carbocycles. The second kappa shape index (κ2) is 5.87. The lowest BCUT2D eigenvalue weighted by molar-refractivity contribution is 0.629. The van der Waals surface area contributed by atoms with E-state index in [-0.39, 0.29) is 0 Å². The molecular formula is C12H13Cl2N3S. The highest BCUT2D eigenvalue weighted by Gasteiger charge is 2.13. The van der Waals surface area contributed by atoms with Crippen LogP contribution in [0.5, 0.6) is 0 Å². The van der Waals surface area contributed by atoms with Gasteiger partial charge in [0.25, 0.3) is 0 Å². The van der Waals surface area contributed by atoms with Crippen molar-refractivity contribution in [3.8, 4) is 11.4 Å². The van der Waals surface area contributed by atoms with Crippen molar-refractivity contribution in [3.63, 3.8) is 0 Å². The monoisotopic (exact) mass is 301 g/mol. The molecule has 0 aliphatic rings. The lowest BCUT2D eigenvalue weighted by Gasteiger charge is -2.08. The van der Waals surface area contributed by atoms with Crippen LogP contribution in [0.25, 0.3) is 11.4 Å². The fourth-order valence-electron chi connectivity index (χ4n) is 1.72. The van der Waals surface area contributed by atoms with Crippen LogP contribution in [-0.2, 0) is 6.54 Å². The molecule has 0 bridgehead atoms. The maximum Gasteiger partial charge on any atom is 0.195 e. The molecule has 96 valence electrons. The molecule has 0 radical (unpaired) electrons. The molecule has 1 aromatic carbocycles. The molecule has 0 spiro atoms. The first-order chi connectivity index (χ1) is 8.65. The summed E-state index contributed by atoms with van der Waals surface area (Å²) in [5.41, 5.74) is 0.799. The van der Waals surface area contributed by atoms with Crippen LogP contribution in [0.4, 0.5) is 0 Å². The van der Waals surface area contributed by atoms with Crippen molar-refractivity contribution < 1.29 is 0 Å². The number of rotatable bonds is 4. The zero-order chi connectivity index (χ0) is 13.1. The summed E-state index contributed by atoms with van der Waals surface area (Å²) in [5, 5.41) is 8.07. The van der Waals surface area contributed by atoms with Crippen LogP contribution in [0.1, 0.15) is 19.8 Å². The summed E-state index contributed by atoms with van der Waals surface area (Å²) in [7, 11) is 0. The molecule has 6 heteroatoms. The van der Waals surface area contributed by atoms with Crippen molar-refractivity contribution in [2.45, 2.75) is 26.3 Å². The first-order valence-corrected chi connectivity index (χ1v) is 6.91. The second-order valence-electron chi connectivity index (χ2n) is 3.96. The van der Waals surface area contributed by atoms with E-state index < -0.39 is 0 Å². The van der Waals surface area contributed by atoms with Crippen LogP contribution < -0.4 is 0 Å². The molecule has 0 fully saturated rings. The van der Waals surface area contributed by atoms with Gasteiger partial charge in [-0.15, -0.1) is 0 Å². The van der Waals surface area contributed by atoms with Gasteiger partial charge in [-0.25, -0.2) is 0 Å². The highest BCUT2D eigenvalue weighted by atomic mass is 35.5. The molecule has 0 aliphatic heterocycles. The van der Waals surface area contributed by atoms with Crippen molar-refractivity contribution in [1.82, 2.24) is 14.8 Å². The summed E-state index contributed by atoms with van der Waals surface area (Å²) in [6.07, 6.45) is 2.13. The smallest absolute Gasteiger partial charge is 0.195 e. The topological polar surface area (TPSA) is 33.6 Å². The van der Waals surface area contributed by atoms with Crippen LogP contribution in [-0.4, -0.2) is 14.8 Å². The maximum atomic E-state index is 6.21. The van der Waals surface area contributed by atoms with E-state index in [4.69, 9.17) is 35.4 Å². The Morgan fingerprint density at radius 3 is 2.89 bits per heavy atom. The number of hydrogen-bond acceptors (Lipinski definition) is 2.